The molecule has 0 atom stereocenters. The van der Waals surface area contributed by atoms with Crippen LogP contribution in [0.15, 0.2) is 4.99 Å². The summed E-state index contributed by atoms with van der Waals surface area (Å²) < 4.78 is 1.10. The molecule has 0 saturated carbocycles. The third kappa shape index (κ3) is 3.29. The van der Waals surface area contributed by atoms with Gasteiger partial charge in [-0.2, -0.15) is 0 Å². The predicted octanol–water partition coefficient (Wildman–Crippen LogP) is 0.0924. The maximum absolute atomic E-state index is 4.17. The summed E-state index contributed by atoms with van der Waals surface area (Å²) in [6.07, 6.45) is 0. The first-order valence-electron chi connectivity index (χ1n) is 2.57. The van der Waals surface area contributed by atoms with E-state index < -0.39 is 0 Å². The number of aliphatic imine (C=N–C) groups is 1. The van der Waals surface area contributed by atoms with Gasteiger partial charge < -0.3 is 0 Å². The SMILES string of the molecule is CCN=C([Te])N(C)C. The number of hydrogen-bond acceptors (Lipinski definition) is 1. The van der Waals surface area contributed by atoms with Gasteiger partial charge in [0.2, 0.25) is 0 Å². The van der Waals surface area contributed by atoms with Gasteiger partial charge in [0.25, 0.3) is 0 Å². The molecule has 0 heterocycles. The van der Waals surface area contributed by atoms with Crippen molar-refractivity contribution in [3.05, 3.63) is 0 Å². The van der Waals surface area contributed by atoms with Crippen molar-refractivity contribution in [2.75, 3.05) is 20.6 Å². The Bertz CT molecular complexity index is 88.4. The Hall–Kier alpha value is 0.260. The van der Waals surface area contributed by atoms with E-state index in [1.165, 1.54) is 0 Å². The molecule has 0 aliphatic rings. The van der Waals surface area contributed by atoms with Gasteiger partial charge in [-0.25, -0.2) is 0 Å². The molecule has 0 aromatic heterocycles. The van der Waals surface area contributed by atoms with Gasteiger partial charge in [-0.05, 0) is 0 Å². The van der Waals surface area contributed by atoms with Gasteiger partial charge in [0, 0.05) is 0 Å². The van der Waals surface area contributed by atoms with E-state index in [0.29, 0.717) is 0 Å². The molecule has 0 bridgehead atoms. The van der Waals surface area contributed by atoms with Crippen LogP contribution in [0.5, 0.6) is 0 Å². The van der Waals surface area contributed by atoms with Gasteiger partial charge in [-0.15, -0.1) is 0 Å². The van der Waals surface area contributed by atoms with Gasteiger partial charge in [-0.1, -0.05) is 0 Å². The maximum atomic E-state index is 4.17. The first-order chi connectivity index (χ1) is 3.68. The Balaban J connectivity index is 3.61. The van der Waals surface area contributed by atoms with Crippen LogP contribution >= 0.6 is 0 Å². The van der Waals surface area contributed by atoms with Crippen molar-refractivity contribution in [1.29, 1.82) is 0 Å². The van der Waals surface area contributed by atoms with Crippen LogP contribution in [0, 0.1) is 0 Å². The molecule has 0 saturated heterocycles. The molecule has 0 aromatic carbocycles. The number of rotatable bonds is 1. The molecule has 0 aliphatic heterocycles. The standard InChI is InChI=1S/C5H11N2Te/c1-4-6-5(8)7(2)3/h4H2,1-3H3. The Morgan fingerprint density at radius 2 is 2.12 bits per heavy atom. The zero-order chi connectivity index (χ0) is 6.57. The van der Waals surface area contributed by atoms with Crippen molar-refractivity contribution in [2.24, 2.45) is 4.99 Å². The minimum absolute atomic E-state index is 0.881. The van der Waals surface area contributed by atoms with Crippen molar-refractivity contribution in [3.8, 4) is 0 Å². The molecule has 0 rings (SSSR count). The van der Waals surface area contributed by atoms with Crippen LogP contribution in [0.1, 0.15) is 6.92 Å². The van der Waals surface area contributed by atoms with E-state index in [2.05, 4.69) is 4.99 Å². The van der Waals surface area contributed by atoms with Crippen LogP contribution in [-0.2, 0) is 0 Å². The average molecular weight is 227 g/mol. The summed E-state index contributed by atoms with van der Waals surface area (Å²) in [6.45, 7) is 2.92. The van der Waals surface area contributed by atoms with Gasteiger partial charge >= 0.3 is 63.6 Å². The van der Waals surface area contributed by atoms with Crippen molar-refractivity contribution in [2.45, 2.75) is 6.92 Å². The first kappa shape index (κ1) is 8.26. The molecule has 0 fully saturated rings. The fraction of sp³-hybridized carbons (Fsp3) is 0.800. The fourth-order valence-corrected chi connectivity index (χ4v) is 0.645. The van der Waals surface area contributed by atoms with Crippen LogP contribution in [-0.4, -0.2) is 51.7 Å². The minimum atomic E-state index is 0.881. The van der Waals surface area contributed by atoms with Crippen LogP contribution in [0.25, 0.3) is 0 Å². The third-order valence-electron chi connectivity index (χ3n) is 0.676. The Morgan fingerprint density at radius 1 is 1.62 bits per heavy atom. The third-order valence-corrected chi connectivity index (χ3v) is 2.09. The van der Waals surface area contributed by atoms with Crippen LogP contribution in [0.2, 0.25) is 0 Å². The summed E-state index contributed by atoms with van der Waals surface area (Å²) in [5.74, 6) is 0. The molecule has 47 valence electrons. The second-order valence-electron chi connectivity index (χ2n) is 1.65. The molecule has 0 aromatic rings. The summed E-state index contributed by atoms with van der Waals surface area (Å²) >= 11 is 1.94. The van der Waals surface area contributed by atoms with Crippen molar-refractivity contribution in [3.63, 3.8) is 0 Å². The quantitative estimate of drug-likeness (QED) is 0.352. The second-order valence-corrected chi connectivity index (χ2v) is 2.69. The van der Waals surface area contributed by atoms with Crippen molar-refractivity contribution < 1.29 is 0 Å². The van der Waals surface area contributed by atoms with E-state index in [0.717, 1.165) is 10.4 Å². The zero-order valence-corrected chi connectivity index (χ0v) is 7.84. The van der Waals surface area contributed by atoms with Gasteiger partial charge in [0.05, 0.1) is 0 Å². The van der Waals surface area contributed by atoms with E-state index in [1.807, 2.05) is 48.2 Å². The zero-order valence-electron chi connectivity index (χ0n) is 5.51. The topological polar surface area (TPSA) is 15.6 Å². The molecule has 0 unspecified atom stereocenters. The number of hydrogen-bond donors (Lipinski definition) is 0. The normalized spacial score (nSPS) is 11.6. The van der Waals surface area contributed by atoms with Crippen LogP contribution < -0.4 is 0 Å². The Labute approximate surface area is 63.9 Å². The monoisotopic (exact) mass is 229 g/mol. The summed E-state index contributed by atoms with van der Waals surface area (Å²) in [7, 11) is 3.99. The van der Waals surface area contributed by atoms with E-state index >= 15 is 0 Å². The average Bonchev–Trinajstić information content (AvgIpc) is 1.67. The Kier molecular flexibility index (Phi) is 4.30. The molecular weight excluding hydrogens is 216 g/mol. The molecule has 0 aliphatic carbocycles. The fourth-order valence-electron chi connectivity index (χ4n) is 0.277. The van der Waals surface area contributed by atoms with Crippen LogP contribution in [0.3, 0.4) is 0 Å². The molecule has 0 amide bonds. The van der Waals surface area contributed by atoms with Crippen LogP contribution in [0.4, 0.5) is 0 Å². The van der Waals surface area contributed by atoms with Gasteiger partial charge in [-0.3, -0.25) is 0 Å². The molecule has 8 heavy (non-hydrogen) atoms. The second kappa shape index (κ2) is 4.17. The molecule has 3 heteroatoms. The first-order valence-corrected chi connectivity index (χ1v) is 3.73. The van der Waals surface area contributed by atoms with Gasteiger partial charge in [0.15, 0.2) is 0 Å². The number of nitrogens with zero attached hydrogens (tertiary/aromatic N) is 2. The van der Waals surface area contributed by atoms with Crippen molar-refractivity contribution >= 4 is 26.2 Å². The van der Waals surface area contributed by atoms with E-state index in [9.17, 15) is 0 Å². The van der Waals surface area contributed by atoms with Gasteiger partial charge in [0.1, 0.15) is 0 Å². The number of amidine groups is 1. The summed E-state index contributed by atoms with van der Waals surface area (Å²) in [5.41, 5.74) is 0. The summed E-state index contributed by atoms with van der Waals surface area (Å²) in [5, 5.41) is 0. The van der Waals surface area contributed by atoms with E-state index in [4.69, 9.17) is 0 Å². The molecule has 1 radical (unpaired) electrons. The molecule has 2 nitrogen and oxygen atoms in total. The molecular formula is C5H11N2Te. The Morgan fingerprint density at radius 3 is 2.25 bits per heavy atom. The van der Waals surface area contributed by atoms with Crippen molar-refractivity contribution in [1.82, 2.24) is 4.90 Å². The summed E-state index contributed by atoms with van der Waals surface area (Å²) in [4.78, 5) is 6.18. The predicted molar refractivity (Wildman–Crippen MR) is 37.4 cm³/mol. The molecule has 0 N–H and O–H groups in total. The van der Waals surface area contributed by atoms with E-state index in [-0.39, 0.29) is 0 Å². The van der Waals surface area contributed by atoms with E-state index in [1.54, 1.807) is 0 Å². The molecule has 0 spiro atoms. The summed E-state index contributed by atoms with van der Waals surface area (Å²) in [6, 6.07) is 0.